The van der Waals surface area contributed by atoms with E-state index in [-0.39, 0.29) is 23.5 Å². The van der Waals surface area contributed by atoms with Gasteiger partial charge in [-0.25, -0.2) is 8.42 Å². The highest BCUT2D eigenvalue weighted by Gasteiger charge is 2.35. The molecule has 0 radical (unpaired) electrons. The van der Waals surface area contributed by atoms with E-state index in [2.05, 4.69) is 22.3 Å². The second-order valence-corrected chi connectivity index (χ2v) is 9.87. The van der Waals surface area contributed by atoms with E-state index < -0.39 is 15.9 Å². The average molecular weight is 394 g/mol. The van der Waals surface area contributed by atoms with Crippen molar-refractivity contribution in [3.63, 3.8) is 0 Å². The van der Waals surface area contributed by atoms with Gasteiger partial charge in [-0.1, -0.05) is 6.07 Å². The van der Waals surface area contributed by atoms with Crippen LogP contribution in [0.25, 0.3) is 0 Å². The van der Waals surface area contributed by atoms with Gasteiger partial charge in [0.25, 0.3) is 0 Å². The fourth-order valence-corrected chi connectivity index (χ4v) is 5.85. The van der Waals surface area contributed by atoms with Crippen LogP contribution in [0.4, 0.5) is 11.4 Å². The van der Waals surface area contributed by atoms with Crippen LogP contribution in [0.5, 0.6) is 0 Å². The number of hydrogen-bond acceptors (Lipinski definition) is 5. The van der Waals surface area contributed by atoms with Crippen LogP contribution in [0.15, 0.2) is 24.3 Å². The molecule has 2 aliphatic heterocycles. The predicted octanol–water partition coefficient (Wildman–Crippen LogP) is 2.51. The summed E-state index contributed by atoms with van der Waals surface area (Å²) in [7, 11) is -3.01. The van der Waals surface area contributed by atoms with Crippen molar-refractivity contribution in [2.45, 2.75) is 51.6 Å². The zero-order valence-corrected chi connectivity index (χ0v) is 17.2. The number of hydrogen-bond donors (Lipinski definition) is 1. The van der Waals surface area contributed by atoms with E-state index in [0.29, 0.717) is 13.0 Å². The van der Waals surface area contributed by atoms with E-state index in [1.54, 1.807) is 4.90 Å². The number of carbonyl (C=O) groups excluding carboxylic acids is 1. The Morgan fingerprint density at radius 2 is 2.04 bits per heavy atom. The van der Waals surface area contributed by atoms with Crippen LogP contribution in [-0.4, -0.2) is 62.4 Å². The number of rotatable bonds is 6. The summed E-state index contributed by atoms with van der Waals surface area (Å²) in [5, 5.41) is 3.31. The number of carbonyl (C=O) groups is 1. The van der Waals surface area contributed by atoms with Gasteiger partial charge in [-0.2, -0.15) is 0 Å². The summed E-state index contributed by atoms with van der Waals surface area (Å²) < 4.78 is 23.5. The lowest BCUT2D eigenvalue weighted by Crippen LogP contribution is -2.47. The van der Waals surface area contributed by atoms with Gasteiger partial charge in [0.05, 0.1) is 11.5 Å². The fraction of sp³-hybridized carbons (Fsp3) is 0.650. The zero-order valence-electron chi connectivity index (χ0n) is 16.4. The molecule has 2 fully saturated rings. The summed E-state index contributed by atoms with van der Waals surface area (Å²) in [4.78, 5) is 17.0. The summed E-state index contributed by atoms with van der Waals surface area (Å²) in [5.74, 6) is 0.230. The van der Waals surface area contributed by atoms with Crippen LogP contribution in [0, 0.1) is 0 Å². The highest BCUT2D eigenvalue weighted by atomic mass is 32.2. The quantitative estimate of drug-likeness (QED) is 0.804. The number of piperidine rings is 1. The Morgan fingerprint density at radius 3 is 2.67 bits per heavy atom. The van der Waals surface area contributed by atoms with Crippen LogP contribution in [0.3, 0.4) is 0 Å². The molecule has 27 heavy (non-hydrogen) atoms. The van der Waals surface area contributed by atoms with Crippen molar-refractivity contribution < 1.29 is 13.2 Å². The highest BCUT2D eigenvalue weighted by molar-refractivity contribution is 7.91. The van der Waals surface area contributed by atoms with E-state index in [0.717, 1.165) is 18.8 Å². The first kappa shape index (κ1) is 20.0. The summed E-state index contributed by atoms with van der Waals surface area (Å²) >= 11 is 0. The SMILES string of the molecule is CCN(C(=O)C(C)Nc1cccc(N2CCCCC2)c1)C1CCS(=O)(=O)C1. The molecule has 150 valence electrons. The topological polar surface area (TPSA) is 69.7 Å². The summed E-state index contributed by atoms with van der Waals surface area (Å²) in [6, 6.07) is 7.62. The molecule has 1 aromatic carbocycles. The van der Waals surface area contributed by atoms with E-state index >= 15 is 0 Å². The maximum absolute atomic E-state index is 12.9. The van der Waals surface area contributed by atoms with Crippen LogP contribution in [-0.2, 0) is 14.6 Å². The Hall–Kier alpha value is -1.76. The van der Waals surface area contributed by atoms with Crippen molar-refractivity contribution in [2.24, 2.45) is 0 Å². The van der Waals surface area contributed by atoms with Crippen molar-refractivity contribution in [3.05, 3.63) is 24.3 Å². The lowest BCUT2D eigenvalue weighted by Gasteiger charge is -2.31. The molecular formula is C20H31N3O3S. The van der Waals surface area contributed by atoms with Gasteiger partial charge in [0.2, 0.25) is 5.91 Å². The molecular weight excluding hydrogens is 362 g/mol. The second-order valence-electron chi connectivity index (χ2n) is 7.65. The molecule has 1 amide bonds. The molecule has 0 aromatic heterocycles. The third-order valence-corrected chi connectivity index (χ3v) is 7.34. The van der Waals surface area contributed by atoms with Gasteiger partial charge in [-0.3, -0.25) is 4.79 Å². The van der Waals surface area contributed by atoms with E-state index in [1.807, 2.05) is 26.0 Å². The molecule has 2 atom stereocenters. The lowest BCUT2D eigenvalue weighted by atomic mass is 10.1. The maximum Gasteiger partial charge on any atom is 0.245 e. The summed E-state index contributed by atoms with van der Waals surface area (Å²) in [5.41, 5.74) is 2.11. The Bertz CT molecular complexity index is 759. The molecule has 0 saturated carbocycles. The number of sulfone groups is 1. The average Bonchev–Trinajstić information content (AvgIpc) is 3.02. The van der Waals surface area contributed by atoms with Crippen LogP contribution in [0.2, 0.25) is 0 Å². The van der Waals surface area contributed by atoms with Crippen molar-refractivity contribution in [1.82, 2.24) is 4.90 Å². The van der Waals surface area contributed by atoms with Gasteiger partial charge in [0.15, 0.2) is 9.84 Å². The van der Waals surface area contributed by atoms with E-state index in [1.165, 1.54) is 24.9 Å². The smallest absolute Gasteiger partial charge is 0.245 e. The van der Waals surface area contributed by atoms with Crippen LogP contribution >= 0.6 is 0 Å². The minimum Gasteiger partial charge on any atom is -0.374 e. The van der Waals surface area contributed by atoms with Gasteiger partial charge in [0, 0.05) is 37.1 Å². The molecule has 2 heterocycles. The molecule has 0 spiro atoms. The molecule has 1 aromatic rings. The number of nitrogens with zero attached hydrogens (tertiary/aromatic N) is 2. The number of anilines is 2. The minimum atomic E-state index is -3.01. The number of likely N-dealkylation sites (N-methyl/N-ethyl adjacent to an activating group) is 1. The largest absolute Gasteiger partial charge is 0.374 e. The molecule has 1 N–H and O–H groups in total. The number of amides is 1. The first-order chi connectivity index (χ1) is 12.9. The Labute approximate surface area is 162 Å². The Morgan fingerprint density at radius 1 is 1.30 bits per heavy atom. The standard InChI is InChI=1S/C20H31N3O3S/c1-3-23(19-10-13-27(25,26)15-19)20(24)16(2)21-17-8-7-9-18(14-17)22-11-5-4-6-12-22/h7-9,14,16,19,21H,3-6,10-13,15H2,1-2H3. The molecule has 3 rings (SSSR count). The molecule has 7 heteroatoms. The van der Waals surface area contributed by atoms with E-state index in [9.17, 15) is 13.2 Å². The van der Waals surface area contributed by atoms with Gasteiger partial charge in [-0.15, -0.1) is 0 Å². The van der Waals surface area contributed by atoms with Crippen molar-refractivity contribution in [3.8, 4) is 0 Å². The monoisotopic (exact) mass is 393 g/mol. The predicted molar refractivity (Wildman–Crippen MR) is 110 cm³/mol. The van der Waals surface area contributed by atoms with Gasteiger partial charge < -0.3 is 15.1 Å². The molecule has 2 unspecified atom stereocenters. The van der Waals surface area contributed by atoms with Crippen LogP contribution < -0.4 is 10.2 Å². The van der Waals surface area contributed by atoms with Gasteiger partial charge in [0.1, 0.15) is 6.04 Å². The minimum absolute atomic E-state index is 0.0389. The molecule has 0 aliphatic carbocycles. The number of benzene rings is 1. The molecule has 2 aliphatic rings. The Kier molecular flexibility index (Phi) is 6.29. The third kappa shape index (κ3) is 4.94. The fourth-order valence-electron chi connectivity index (χ4n) is 4.12. The van der Waals surface area contributed by atoms with E-state index in [4.69, 9.17) is 0 Å². The van der Waals surface area contributed by atoms with Gasteiger partial charge in [-0.05, 0) is 57.7 Å². The maximum atomic E-state index is 12.9. The zero-order chi connectivity index (χ0) is 19.4. The summed E-state index contributed by atoms with van der Waals surface area (Å²) in [6.07, 6.45) is 4.29. The third-order valence-electron chi connectivity index (χ3n) is 5.59. The lowest BCUT2D eigenvalue weighted by molar-refractivity contribution is -0.133. The Balaban J connectivity index is 1.65. The first-order valence-corrected chi connectivity index (χ1v) is 11.8. The van der Waals surface area contributed by atoms with Crippen molar-refractivity contribution >= 4 is 27.1 Å². The molecule has 6 nitrogen and oxygen atoms in total. The van der Waals surface area contributed by atoms with Crippen molar-refractivity contribution in [2.75, 3.05) is 41.4 Å². The number of nitrogens with one attached hydrogen (secondary N) is 1. The molecule has 0 bridgehead atoms. The van der Waals surface area contributed by atoms with Crippen LogP contribution in [0.1, 0.15) is 39.5 Å². The first-order valence-electron chi connectivity index (χ1n) is 10.0. The van der Waals surface area contributed by atoms with Crippen molar-refractivity contribution in [1.29, 1.82) is 0 Å². The second kappa shape index (κ2) is 8.50. The summed E-state index contributed by atoms with van der Waals surface area (Å²) in [6.45, 7) is 6.45. The molecule has 2 saturated heterocycles. The van der Waals surface area contributed by atoms with Gasteiger partial charge >= 0.3 is 0 Å². The normalized spacial score (nSPS) is 23.0. The highest BCUT2D eigenvalue weighted by Crippen LogP contribution is 2.24.